The molecule has 1 atom stereocenters. The van der Waals surface area contributed by atoms with Gasteiger partial charge in [0.15, 0.2) is 0 Å². The van der Waals surface area contributed by atoms with Gasteiger partial charge in [0.05, 0.1) is 5.69 Å². The average Bonchev–Trinajstić information content (AvgIpc) is 2.82. The first-order valence-electron chi connectivity index (χ1n) is 7.05. The summed E-state index contributed by atoms with van der Waals surface area (Å²) in [6, 6.07) is 9.20. The van der Waals surface area contributed by atoms with Crippen molar-refractivity contribution in [3.63, 3.8) is 0 Å². The van der Waals surface area contributed by atoms with Crippen molar-refractivity contribution >= 4 is 5.97 Å². The molecule has 0 aliphatic rings. The molecule has 0 aliphatic carbocycles. The monoisotopic (exact) mass is 287 g/mol. The number of carboxylic acids is 1. The second-order valence-electron chi connectivity index (χ2n) is 5.51. The van der Waals surface area contributed by atoms with Crippen LogP contribution in [0.4, 0.5) is 0 Å². The van der Waals surface area contributed by atoms with E-state index in [2.05, 4.69) is 35.5 Å². The van der Waals surface area contributed by atoms with Gasteiger partial charge in [-0.25, -0.2) is 4.98 Å². The molecule has 0 aliphatic heterocycles. The van der Waals surface area contributed by atoms with E-state index in [1.807, 2.05) is 24.4 Å². The first-order chi connectivity index (χ1) is 9.97. The van der Waals surface area contributed by atoms with Gasteiger partial charge in [0.2, 0.25) is 0 Å². The van der Waals surface area contributed by atoms with Crippen LogP contribution in [0.15, 0.2) is 36.5 Å². The molecular formula is C16H21N3O2. The van der Waals surface area contributed by atoms with Gasteiger partial charge >= 0.3 is 5.97 Å². The van der Waals surface area contributed by atoms with Gasteiger partial charge in [0.25, 0.3) is 0 Å². The molecule has 1 aromatic carbocycles. The minimum absolute atomic E-state index is 0.247. The van der Waals surface area contributed by atoms with Crippen molar-refractivity contribution in [1.29, 1.82) is 0 Å². The molecule has 0 bridgehead atoms. The van der Waals surface area contributed by atoms with Gasteiger partial charge < -0.3 is 15.4 Å². The first kappa shape index (κ1) is 15.3. The molecule has 5 heteroatoms. The number of hydrogen-bond acceptors (Lipinski definition) is 3. The predicted octanol–water partition coefficient (Wildman–Crippen LogP) is 2.01. The maximum absolute atomic E-state index is 10.9. The number of imidazole rings is 1. The normalized spacial score (nSPS) is 12.6. The quantitative estimate of drug-likeness (QED) is 0.851. The second-order valence-corrected chi connectivity index (χ2v) is 5.51. The molecule has 1 heterocycles. The van der Waals surface area contributed by atoms with Gasteiger partial charge in [-0.3, -0.25) is 4.79 Å². The molecule has 5 nitrogen and oxygen atoms in total. The van der Waals surface area contributed by atoms with Crippen molar-refractivity contribution < 1.29 is 9.90 Å². The van der Waals surface area contributed by atoms with Crippen LogP contribution in [0.1, 0.15) is 36.8 Å². The summed E-state index contributed by atoms with van der Waals surface area (Å²) in [5.74, 6) is 0.216. The number of rotatable bonds is 6. The fourth-order valence-electron chi connectivity index (χ4n) is 2.26. The van der Waals surface area contributed by atoms with Gasteiger partial charge in [-0.05, 0) is 5.56 Å². The maximum atomic E-state index is 10.9. The van der Waals surface area contributed by atoms with Crippen LogP contribution < -0.4 is 5.73 Å². The van der Waals surface area contributed by atoms with Gasteiger partial charge in [0.1, 0.15) is 11.9 Å². The summed E-state index contributed by atoms with van der Waals surface area (Å²) in [5.41, 5.74) is 7.50. The third-order valence-corrected chi connectivity index (χ3v) is 3.32. The molecule has 0 spiro atoms. The van der Waals surface area contributed by atoms with E-state index in [1.165, 1.54) is 5.56 Å². The molecule has 0 radical (unpaired) electrons. The van der Waals surface area contributed by atoms with E-state index in [4.69, 9.17) is 10.8 Å². The Morgan fingerprint density at radius 1 is 1.33 bits per heavy atom. The Balaban J connectivity index is 2.23. The fraction of sp³-hybridized carbons (Fsp3) is 0.375. The van der Waals surface area contributed by atoms with E-state index in [0.717, 1.165) is 18.1 Å². The lowest BCUT2D eigenvalue weighted by atomic mass is 10.2. The zero-order valence-corrected chi connectivity index (χ0v) is 12.4. The van der Waals surface area contributed by atoms with Crippen LogP contribution in [0.5, 0.6) is 0 Å². The van der Waals surface area contributed by atoms with Crippen molar-refractivity contribution in [3.8, 4) is 0 Å². The SMILES string of the molecule is CC(C)c1nc(C[C@H](N)C(=O)O)cn1Cc1ccccc1. The van der Waals surface area contributed by atoms with Crippen LogP contribution in [-0.4, -0.2) is 26.7 Å². The summed E-state index contributed by atoms with van der Waals surface area (Å²) in [5, 5.41) is 8.90. The molecule has 0 unspecified atom stereocenters. The summed E-state index contributed by atoms with van der Waals surface area (Å²) in [7, 11) is 0. The Hall–Kier alpha value is -2.14. The zero-order chi connectivity index (χ0) is 15.4. The summed E-state index contributed by atoms with van der Waals surface area (Å²) >= 11 is 0. The molecule has 0 amide bonds. The number of aliphatic carboxylic acids is 1. The maximum Gasteiger partial charge on any atom is 0.320 e. The predicted molar refractivity (Wildman–Crippen MR) is 81.2 cm³/mol. The van der Waals surface area contributed by atoms with Crippen LogP contribution in [0, 0.1) is 0 Å². The lowest BCUT2D eigenvalue weighted by molar-refractivity contribution is -0.138. The molecule has 0 fully saturated rings. The summed E-state index contributed by atoms with van der Waals surface area (Å²) in [6.07, 6.45) is 2.15. The van der Waals surface area contributed by atoms with Crippen LogP contribution in [-0.2, 0) is 17.8 Å². The molecule has 0 saturated carbocycles. The van der Waals surface area contributed by atoms with Crippen LogP contribution in [0.2, 0.25) is 0 Å². The van der Waals surface area contributed by atoms with Crippen molar-refractivity contribution in [1.82, 2.24) is 9.55 Å². The number of nitrogens with two attached hydrogens (primary N) is 1. The summed E-state index contributed by atoms with van der Waals surface area (Å²) in [6.45, 7) is 4.87. The Labute approximate surface area is 124 Å². The van der Waals surface area contributed by atoms with Gasteiger partial charge in [-0.1, -0.05) is 44.2 Å². The third kappa shape index (κ3) is 3.92. The third-order valence-electron chi connectivity index (χ3n) is 3.32. The number of carboxylic acid groups (broad SMARTS) is 1. The van der Waals surface area contributed by atoms with Crippen LogP contribution >= 0.6 is 0 Å². The number of nitrogens with zero attached hydrogens (tertiary/aromatic N) is 2. The molecule has 21 heavy (non-hydrogen) atoms. The van der Waals surface area contributed by atoms with E-state index in [-0.39, 0.29) is 12.3 Å². The van der Waals surface area contributed by atoms with E-state index in [9.17, 15) is 4.79 Å². The number of benzene rings is 1. The minimum Gasteiger partial charge on any atom is -0.480 e. The van der Waals surface area contributed by atoms with E-state index in [0.29, 0.717) is 0 Å². The highest BCUT2D eigenvalue weighted by Crippen LogP contribution is 2.17. The molecular weight excluding hydrogens is 266 g/mol. The van der Waals surface area contributed by atoms with Crippen LogP contribution in [0.3, 0.4) is 0 Å². The largest absolute Gasteiger partial charge is 0.480 e. The Bertz CT molecular complexity index is 605. The fourth-order valence-corrected chi connectivity index (χ4v) is 2.26. The van der Waals surface area contributed by atoms with E-state index in [1.54, 1.807) is 0 Å². The lowest BCUT2D eigenvalue weighted by Crippen LogP contribution is -2.32. The smallest absolute Gasteiger partial charge is 0.320 e. The van der Waals surface area contributed by atoms with Crippen LogP contribution in [0.25, 0.3) is 0 Å². The van der Waals surface area contributed by atoms with Gasteiger partial charge in [-0.2, -0.15) is 0 Å². The number of aromatic nitrogens is 2. The zero-order valence-electron chi connectivity index (χ0n) is 12.4. The molecule has 3 N–H and O–H groups in total. The molecule has 1 aromatic heterocycles. The number of hydrogen-bond donors (Lipinski definition) is 2. The first-order valence-corrected chi connectivity index (χ1v) is 7.05. The summed E-state index contributed by atoms with van der Waals surface area (Å²) in [4.78, 5) is 15.4. The Morgan fingerprint density at radius 3 is 2.57 bits per heavy atom. The second kappa shape index (κ2) is 6.54. The van der Waals surface area contributed by atoms with Crippen molar-refractivity contribution in [2.75, 3.05) is 0 Å². The van der Waals surface area contributed by atoms with E-state index < -0.39 is 12.0 Å². The highest BCUT2D eigenvalue weighted by atomic mass is 16.4. The van der Waals surface area contributed by atoms with Gasteiger partial charge in [0, 0.05) is 25.1 Å². The van der Waals surface area contributed by atoms with Crippen molar-refractivity contribution in [2.45, 2.75) is 38.8 Å². The van der Waals surface area contributed by atoms with Crippen molar-refractivity contribution in [3.05, 3.63) is 53.6 Å². The minimum atomic E-state index is -1.00. The van der Waals surface area contributed by atoms with Crippen molar-refractivity contribution in [2.24, 2.45) is 5.73 Å². The molecule has 112 valence electrons. The topological polar surface area (TPSA) is 81.1 Å². The van der Waals surface area contributed by atoms with Gasteiger partial charge in [-0.15, -0.1) is 0 Å². The molecule has 0 saturated heterocycles. The Kier molecular flexibility index (Phi) is 4.75. The van der Waals surface area contributed by atoms with E-state index >= 15 is 0 Å². The average molecular weight is 287 g/mol. The standard InChI is InChI=1S/C16H21N3O2/c1-11(2)15-18-13(8-14(17)16(20)21)10-19(15)9-12-6-4-3-5-7-12/h3-7,10-11,14H,8-9,17H2,1-2H3,(H,20,21)/t14-/m0/s1. The Morgan fingerprint density at radius 2 is 2.00 bits per heavy atom. The lowest BCUT2D eigenvalue weighted by Gasteiger charge is -2.09. The number of carbonyl (C=O) groups is 1. The molecule has 2 aromatic rings. The highest BCUT2D eigenvalue weighted by molar-refractivity contribution is 5.73. The molecule has 2 rings (SSSR count). The highest BCUT2D eigenvalue weighted by Gasteiger charge is 2.17. The summed E-state index contributed by atoms with van der Waals surface area (Å²) < 4.78 is 2.07.